The summed E-state index contributed by atoms with van der Waals surface area (Å²) in [4.78, 5) is 21.4. The highest BCUT2D eigenvalue weighted by Crippen LogP contribution is 2.30. The molecular weight excluding hydrogens is 342 g/mol. The van der Waals surface area contributed by atoms with Crippen LogP contribution >= 0.6 is 28.1 Å². The number of aromatic amines is 2. The molecule has 2 heterocycles. The lowest BCUT2D eigenvalue weighted by molar-refractivity contribution is 0.477. The number of halogens is 1. The van der Waals surface area contributed by atoms with Crippen LogP contribution in [0.4, 0.5) is 0 Å². The highest BCUT2D eigenvalue weighted by Gasteiger charge is 2.09. The molecule has 0 saturated heterocycles. The number of aromatic nitrogens is 3. The maximum Gasteiger partial charge on any atom is 0.261 e. The van der Waals surface area contributed by atoms with Crippen molar-refractivity contribution in [1.29, 1.82) is 0 Å². The monoisotopic (exact) mass is 349 g/mol. The van der Waals surface area contributed by atoms with E-state index in [0.29, 0.717) is 22.3 Å². The lowest BCUT2D eigenvalue weighted by Gasteiger charge is -2.06. The second kappa shape index (κ2) is 4.84. The molecule has 0 fully saturated rings. The zero-order valence-corrected chi connectivity index (χ0v) is 12.4. The van der Waals surface area contributed by atoms with E-state index < -0.39 is 0 Å². The standard InChI is InChI=1S/C13H8BrN3O2S/c14-6-1-4-10(18)8(5-6)9-3-2-7-11(15-9)16-13(20)17-12(7)19/h1-5,18H,(H2,15,16,17,19,20). The van der Waals surface area contributed by atoms with E-state index >= 15 is 0 Å². The summed E-state index contributed by atoms with van der Waals surface area (Å²) in [6.45, 7) is 0. The number of pyridine rings is 1. The predicted molar refractivity (Wildman–Crippen MR) is 82.3 cm³/mol. The first-order chi connectivity index (χ1) is 9.54. The molecule has 0 saturated carbocycles. The Morgan fingerprint density at radius 3 is 2.80 bits per heavy atom. The first-order valence-corrected chi connectivity index (χ1v) is 6.87. The van der Waals surface area contributed by atoms with Gasteiger partial charge in [0.25, 0.3) is 5.56 Å². The fourth-order valence-electron chi connectivity index (χ4n) is 1.91. The zero-order chi connectivity index (χ0) is 14.3. The summed E-state index contributed by atoms with van der Waals surface area (Å²) in [5.74, 6) is 0.114. The number of hydrogen-bond acceptors (Lipinski definition) is 4. The van der Waals surface area contributed by atoms with Gasteiger partial charge in [-0.25, -0.2) is 4.98 Å². The average molecular weight is 350 g/mol. The maximum absolute atomic E-state index is 11.7. The van der Waals surface area contributed by atoms with Gasteiger partial charge in [-0.1, -0.05) is 15.9 Å². The number of fused-ring (bicyclic) bond motifs is 1. The molecule has 7 heteroatoms. The number of H-pyrrole nitrogens is 2. The smallest absolute Gasteiger partial charge is 0.261 e. The summed E-state index contributed by atoms with van der Waals surface area (Å²) in [6, 6.07) is 8.38. The molecular formula is C13H8BrN3O2S. The van der Waals surface area contributed by atoms with Crippen LogP contribution in [0.2, 0.25) is 0 Å². The molecule has 0 atom stereocenters. The highest BCUT2D eigenvalue weighted by molar-refractivity contribution is 9.10. The summed E-state index contributed by atoms with van der Waals surface area (Å²) in [6.07, 6.45) is 0. The van der Waals surface area contributed by atoms with E-state index in [9.17, 15) is 9.90 Å². The third-order valence-corrected chi connectivity index (χ3v) is 3.53. The first-order valence-electron chi connectivity index (χ1n) is 5.67. The molecule has 0 radical (unpaired) electrons. The van der Waals surface area contributed by atoms with Crippen LogP contribution in [0.1, 0.15) is 0 Å². The molecule has 0 spiro atoms. The average Bonchev–Trinajstić information content (AvgIpc) is 2.40. The van der Waals surface area contributed by atoms with Gasteiger partial charge in [0.15, 0.2) is 4.77 Å². The van der Waals surface area contributed by atoms with Crippen LogP contribution in [0.5, 0.6) is 5.75 Å². The Morgan fingerprint density at radius 2 is 2.00 bits per heavy atom. The number of rotatable bonds is 1. The van der Waals surface area contributed by atoms with E-state index in [2.05, 4.69) is 30.9 Å². The number of nitrogens with zero attached hydrogens (tertiary/aromatic N) is 1. The summed E-state index contributed by atoms with van der Waals surface area (Å²) in [5.41, 5.74) is 1.21. The van der Waals surface area contributed by atoms with Crippen molar-refractivity contribution in [3.63, 3.8) is 0 Å². The maximum atomic E-state index is 11.7. The van der Waals surface area contributed by atoms with Gasteiger partial charge in [0, 0.05) is 10.0 Å². The minimum atomic E-state index is -0.290. The number of aromatic hydroxyl groups is 1. The van der Waals surface area contributed by atoms with Gasteiger partial charge in [-0.2, -0.15) is 0 Å². The first kappa shape index (κ1) is 13.0. The number of hydrogen-bond donors (Lipinski definition) is 3. The Morgan fingerprint density at radius 1 is 1.20 bits per heavy atom. The third kappa shape index (κ3) is 2.25. The van der Waals surface area contributed by atoms with E-state index in [1.165, 1.54) is 0 Å². The molecule has 1 aromatic carbocycles. The molecule has 3 aromatic rings. The van der Waals surface area contributed by atoms with Crippen LogP contribution in [-0.2, 0) is 0 Å². The van der Waals surface area contributed by atoms with Crippen LogP contribution in [0.25, 0.3) is 22.3 Å². The Balaban J connectivity index is 2.30. The highest BCUT2D eigenvalue weighted by atomic mass is 79.9. The van der Waals surface area contributed by atoms with Crippen LogP contribution in [-0.4, -0.2) is 20.1 Å². The SMILES string of the molecule is O=c1[nH]c(=S)[nH]c2nc(-c3cc(Br)ccc3O)ccc12. The summed E-state index contributed by atoms with van der Waals surface area (Å²) in [5, 5.41) is 10.3. The lowest BCUT2D eigenvalue weighted by Crippen LogP contribution is -2.08. The molecule has 0 amide bonds. The molecule has 0 aliphatic heterocycles. The largest absolute Gasteiger partial charge is 0.507 e. The van der Waals surface area contributed by atoms with Gasteiger partial charge >= 0.3 is 0 Å². The topological polar surface area (TPSA) is 81.8 Å². The Hall–Kier alpha value is -1.99. The Labute approximate surface area is 126 Å². The molecule has 20 heavy (non-hydrogen) atoms. The van der Waals surface area contributed by atoms with Crippen molar-refractivity contribution >= 4 is 39.2 Å². The van der Waals surface area contributed by atoms with Gasteiger partial charge in [0.2, 0.25) is 0 Å². The van der Waals surface area contributed by atoms with Crippen molar-refractivity contribution in [2.75, 3.05) is 0 Å². The quantitative estimate of drug-likeness (QED) is 0.589. The van der Waals surface area contributed by atoms with E-state index in [1.807, 2.05) is 0 Å². The van der Waals surface area contributed by atoms with Crippen LogP contribution in [0.3, 0.4) is 0 Å². The van der Waals surface area contributed by atoms with Gasteiger partial charge in [-0.05, 0) is 42.5 Å². The summed E-state index contributed by atoms with van der Waals surface area (Å²) >= 11 is 8.27. The Bertz CT molecular complexity index is 933. The molecule has 3 N–H and O–H groups in total. The van der Waals surface area contributed by atoms with Crippen molar-refractivity contribution in [1.82, 2.24) is 15.0 Å². The molecule has 2 aromatic heterocycles. The van der Waals surface area contributed by atoms with E-state index in [0.717, 1.165) is 4.47 Å². The molecule has 0 bridgehead atoms. The van der Waals surface area contributed by atoms with Crippen molar-refractivity contribution in [2.24, 2.45) is 0 Å². The molecule has 100 valence electrons. The van der Waals surface area contributed by atoms with Crippen LogP contribution in [0.15, 0.2) is 39.6 Å². The van der Waals surface area contributed by atoms with E-state index in [-0.39, 0.29) is 16.1 Å². The number of phenolic OH excluding ortho intramolecular Hbond substituents is 1. The fourth-order valence-corrected chi connectivity index (χ4v) is 2.46. The van der Waals surface area contributed by atoms with Crippen LogP contribution in [0, 0.1) is 4.77 Å². The summed E-state index contributed by atoms with van der Waals surface area (Å²) < 4.78 is 1.04. The van der Waals surface area contributed by atoms with E-state index in [1.54, 1.807) is 30.3 Å². The second-order valence-electron chi connectivity index (χ2n) is 4.16. The minimum Gasteiger partial charge on any atom is -0.507 e. The number of benzene rings is 1. The minimum absolute atomic E-state index is 0.114. The third-order valence-electron chi connectivity index (χ3n) is 2.83. The molecule has 0 unspecified atom stereocenters. The summed E-state index contributed by atoms with van der Waals surface area (Å²) in [7, 11) is 0. The van der Waals surface area contributed by atoms with Gasteiger partial charge in [0.05, 0.1) is 11.1 Å². The molecule has 5 nitrogen and oxygen atoms in total. The van der Waals surface area contributed by atoms with Gasteiger partial charge in [-0.15, -0.1) is 0 Å². The van der Waals surface area contributed by atoms with Gasteiger partial charge < -0.3 is 10.1 Å². The molecule has 3 rings (SSSR count). The normalized spacial score (nSPS) is 10.8. The zero-order valence-electron chi connectivity index (χ0n) is 9.98. The van der Waals surface area contributed by atoms with Crippen molar-refractivity contribution in [3.05, 3.63) is 49.9 Å². The van der Waals surface area contributed by atoms with Crippen molar-refractivity contribution in [2.45, 2.75) is 0 Å². The fraction of sp³-hybridized carbons (Fsp3) is 0. The lowest BCUT2D eigenvalue weighted by atomic mass is 10.1. The number of phenols is 1. The Kier molecular flexibility index (Phi) is 3.15. The second-order valence-corrected chi connectivity index (χ2v) is 5.49. The van der Waals surface area contributed by atoms with Crippen molar-refractivity contribution < 1.29 is 5.11 Å². The van der Waals surface area contributed by atoms with Crippen LogP contribution < -0.4 is 5.56 Å². The van der Waals surface area contributed by atoms with Crippen molar-refractivity contribution in [3.8, 4) is 17.0 Å². The predicted octanol–water partition coefficient (Wildman–Crippen LogP) is 3.12. The van der Waals surface area contributed by atoms with E-state index in [4.69, 9.17) is 12.2 Å². The van der Waals surface area contributed by atoms with Gasteiger partial charge in [-0.3, -0.25) is 9.78 Å². The number of nitrogens with one attached hydrogen (secondary N) is 2. The molecule has 0 aliphatic rings. The molecule has 0 aliphatic carbocycles. The van der Waals surface area contributed by atoms with Gasteiger partial charge in [0.1, 0.15) is 11.4 Å².